The molecule has 0 unspecified atom stereocenters. The summed E-state index contributed by atoms with van der Waals surface area (Å²) in [5, 5.41) is 6.25. The molecule has 3 rings (SSSR count). The Labute approximate surface area is 186 Å². The Morgan fingerprint density at radius 2 is 1.56 bits per heavy atom. The standard InChI is InChI=1S/C24H27N3O5/c1-6-31-22(29)15-7-12-19-16(13-15)14-20(27(19)5)21(28)25-17-8-10-18(11-9-17)26-23(30)32-24(2,3)4/h7-14H,6H2,1-5H3,(H,25,28)(H,26,30). The van der Waals surface area contributed by atoms with E-state index in [-0.39, 0.29) is 5.91 Å². The summed E-state index contributed by atoms with van der Waals surface area (Å²) in [6.07, 6.45) is -0.549. The van der Waals surface area contributed by atoms with Gasteiger partial charge in [-0.2, -0.15) is 0 Å². The Morgan fingerprint density at radius 3 is 2.16 bits per heavy atom. The van der Waals surface area contributed by atoms with Gasteiger partial charge in [0.15, 0.2) is 0 Å². The molecule has 32 heavy (non-hydrogen) atoms. The van der Waals surface area contributed by atoms with E-state index >= 15 is 0 Å². The van der Waals surface area contributed by atoms with Gasteiger partial charge in [0.25, 0.3) is 5.91 Å². The van der Waals surface area contributed by atoms with Crippen molar-refractivity contribution in [1.29, 1.82) is 0 Å². The summed E-state index contributed by atoms with van der Waals surface area (Å²) in [6, 6.07) is 13.6. The van der Waals surface area contributed by atoms with Crippen LogP contribution in [0.3, 0.4) is 0 Å². The summed E-state index contributed by atoms with van der Waals surface area (Å²) in [5.41, 5.74) is 2.23. The molecule has 0 fully saturated rings. The van der Waals surface area contributed by atoms with Crippen LogP contribution >= 0.6 is 0 Å². The number of carbonyl (C=O) groups excluding carboxylic acids is 3. The van der Waals surface area contributed by atoms with Crippen LogP contribution in [0.5, 0.6) is 0 Å². The molecule has 0 saturated carbocycles. The highest BCUT2D eigenvalue weighted by Gasteiger charge is 2.17. The van der Waals surface area contributed by atoms with Gasteiger partial charge in [0.1, 0.15) is 11.3 Å². The number of anilines is 2. The molecule has 0 radical (unpaired) electrons. The van der Waals surface area contributed by atoms with Gasteiger partial charge in [0, 0.05) is 29.3 Å². The highest BCUT2D eigenvalue weighted by molar-refractivity contribution is 6.07. The summed E-state index contributed by atoms with van der Waals surface area (Å²) in [4.78, 5) is 36.7. The molecule has 0 spiro atoms. The van der Waals surface area contributed by atoms with Gasteiger partial charge in [0.2, 0.25) is 0 Å². The van der Waals surface area contributed by atoms with Crippen molar-refractivity contribution in [2.24, 2.45) is 7.05 Å². The minimum atomic E-state index is -0.590. The van der Waals surface area contributed by atoms with Gasteiger partial charge in [-0.25, -0.2) is 9.59 Å². The maximum Gasteiger partial charge on any atom is 0.412 e. The predicted octanol–water partition coefficient (Wildman–Crippen LogP) is 4.95. The van der Waals surface area contributed by atoms with E-state index in [2.05, 4.69) is 10.6 Å². The normalized spacial score (nSPS) is 11.2. The molecular formula is C24H27N3O5. The smallest absolute Gasteiger partial charge is 0.412 e. The third kappa shape index (κ3) is 5.46. The molecule has 0 aliphatic carbocycles. The number of aromatic nitrogens is 1. The molecule has 2 aromatic carbocycles. The molecule has 8 nitrogen and oxygen atoms in total. The van der Waals surface area contributed by atoms with Gasteiger partial charge in [-0.15, -0.1) is 0 Å². The van der Waals surface area contributed by atoms with Crippen molar-refractivity contribution in [2.45, 2.75) is 33.3 Å². The molecule has 0 bridgehead atoms. The van der Waals surface area contributed by atoms with Crippen LogP contribution < -0.4 is 10.6 Å². The first-order valence-corrected chi connectivity index (χ1v) is 10.3. The van der Waals surface area contributed by atoms with Crippen molar-refractivity contribution in [1.82, 2.24) is 4.57 Å². The average Bonchev–Trinajstić information content (AvgIpc) is 3.04. The summed E-state index contributed by atoms with van der Waals surface area (Å²) >= 11 is 0. The summed E-state index contributed by atoms with van der Waals surface area (Å²) in [5.74, 6) is -0.696. The molecule has 2 N–H and O–H groups in total. The number of hydrogen-bond acceptors (Lipinski definition) is 5. The first-order valence-electron chi connectivity index (χ1n) is 10.3. The Kier molecular flexibility index (Phi) is 6.53. The zero-order valence-corrected chi connectivity index (χ0v) is 18.8. The van der Waals surface area contributed by atoms with E-state index in [4.69, 9.17) is 9.47 Å². The molecular weight excluding hydrogens is 410 g/mol. The van der Waals surface area contributed by atoms with Crippen molar-refractivity contribution in [3.63, 3.8) is 0 Å². The van der Waals surface area contributed by atoms with Crippen molar-refractivity contribution in [2.75, 3.05) is 17.2 Å². The number of rotatable bonds is 5. The lowest BCUT2D eigenvalue weighted by molar-refractivity contribution is 0.0525. The lowest BCUT2D eigenvalue weighted by atomic mass is 10.1. The summed E-state index contributed by atoms with van der Waals surface area (Å²) < 4.78 is 12.0. The van der Waals surface area contributed by atoms with Crippen LogP contribution in [0.15, 0.2) is 48.5 Å². The highest BCUT2D eigenvalue weighted by Crippen LogP contribution is 2.22. The number of carbonyl (C=O) groups is 3. The molecule has 8 heteroatoms. The van der Waals surface area contributed by atoms with Crippen molar-refractivity contribution in [3.05, 3.63) is 59.8 Å². The third-order valence-corrected chi connectivity index (χ3v) is 4.57. The molecule has 0 atom stereocenters. The second kappa shape index (κ2) is 9.13. The quantitative estimate of drug-likeness (QED) is 0.550. The zero-order chi connectivity index (χ0) is 23.5. The van der Waals surface area contributed by atoms with E-state index in [1.54, 1.807) is 87.8 Å². The van der Waals surface area contributed by atoms with Crippen LogP contribution in [0.4, 0.5) is 16.2 Å². The fraction of sp³-hybridized carbons (Fsp3) is 0.292. The Morgan fingerprint density at radius 1 is 0.938 bits per heavy atom. The van der Waals surface area contributed by atoms with E-state index in [9.17, 15) is 14.4 Å². The van der Waals surface area contributed by atoms with Crippen LogP contribution in [-0.4, -0.2) is 34.7 Å². The van der Waals surface area contributed by atoms with E-state index in [0.29, 0.717) is 29.2 Å². The minimum absolute atomic E-state index is 0.297. The fourth-order valence-electron chi connectivity index (χ4n) is 3.16. The monoisotopic (exact) mass is 437 g/mol. The molecule has 0 saturated heterocycles. The van der Waals surface area contributed by atoms with Crippen LogP contribution in [0.2, 0.25) is 0 Å². The number of hydrogen-bond donors (Lipinski definition) is 2. The van der Waals surface area contributed by atoms with Crippen molar-refractivity contribution in [3.8, 4) is 0 Å². The fourth-order valence-corrected chi connectivity index (χ4v) is 3.16. The second-order valence-corrected chi connectivity index (χ2v) is 8.24. The number of aryl methyl sites for hydroxylation is 1. The third-order valence-electron chi connectivity index (χ3n) is 4.57. The molecule has 0 aliphatic rings. The molecule has 1 aromatic heterocycles. The predicted molar refractivity (Wildman–Crippen MR) is 123 cm³/mol. The number of nitrogens with one attached hydrogen (secondary N) is 2. The maximum absolute atomic E-state index is 12.8. The van der Waals surface area contributed by atoms with Crippen LogP contribution in [0.1, 0.15) is 48.5 Å². The Bertz CT molecular complexity index is 1160. The molecule has 1 heterocycles. The van der Waals surface area contributed by atoms with Gasteiger partial charge in [-0.3, -0.25) is 10.1 Å². The van der Waals surface area contributed by atoms with Gasteiger partial charge >= 0.3 is 12.1 Å². The SMILES string of the molecule is CCOC(=O)c1ccc2c(c1)cc(C(=O)Nc1ccc(NC(=O)OC(C)(C)C)cc1)n2C. The summed E-state index contributed by atoms with van der Waals surface area (Å²) in [7, 11) is 1.79. The number of benzene rings is 2. The van der Waals surface area contributed by atoms with Gasteiger partial charge in [0.05, 0.1) is 12.2 Å². The van der Waals surface area contributed by atoms with Gasteiger partial charge in [-0.1, -0.05) is 0 Å². The number of ether oxygens (including phenoxy) is 2. The maximum atomic E-state index is 12.8. The lowest BCUT2D eigenvalue weighted by Crippen LogP contribution is -2.27. The van der Waals surface area contributed by atoms with Crippen LogP contribution in [-0.2, 0) is 16.5 Å². The number of amides is 2. The number of nitrogens with zero attached hydrogens (tertiary/aromatic N) is 1. The Balaban J connectivity index is 1.72. The van der Waals surface area contributed by atoms with E-state index < -0.39 is 17.7 Å². The van der Waals surface area contributed by atoms with E-state index in [1.165, 1.54) is 0 Å². The molecule has 0 aliphatic heterocycles. The van der Waals surface area contributed by atoms with Crippen LogP contribution in [0, 0.1) is 0 Å². The molecule has 3 aromatic rings. The number of esters is 1. The zero-order valence-electron chi connectivity index (χ0n) is 18.8. The highest BCUT2D eigenvalue weighted by atomic mass is 16.6. The molecule has 2 amide bonds. The largest absolute Gasteiger partial charge is 0.462 e. The van der Waals surface area contributed by atoms with Gasteiger partial charge in [-0.05, 0) is 76.2 Å². The second-order valence-electron chi connectivity index (χ2n) is 8.24. The minimum Gasteiger partial charge on any atom is -0.462 e. The number of fused-ring (bicyclic) bond motifs is 1. The van der Waals surface area contributed by atoms with Gasteiger partial charge < -0.3 is 19.4 Å². The lowest BCUT2D eigenvalue weighted by Gasteiger charge is -2.19. The van der Waals surface area contributed by atoms with E-state index in [0.717, 1.165) is 10.9 Å². The Hall–Kier alpha value is -3.81. The average molecular weight is 437 g/mol. The topological polar surface area (TPSA) is 98.7 Å². The summed E-state index contributed by atoms with van der Waals surface area (Å²) in [6.45, 7) is 7.41. The van der Waals surface area contributed by atoms with E-state index in [1.807, 2.05) is 0 Å². The van der Waals surface area contributed by atoms with Crippen molar-refractivity contribution < 1.29 is 23.9 Å². The first-order chi connectivity index (χ1) is 15.1. The molecule has 168 valence electrons. The van der Waals surface area contributed by atoms with Crippen LogP contribution in [0.25, 0.3) is 10.9 Å². The van der Waals surface area contributed by atoms with Crippen molar-refractivity contribution >= 4 is 40.2 Å². The first kappa shape index (κ1) is 22.9.